The summed E-state index contributed by atoms with van der Waals surface area (Å²) in [6, 6.07) is 122. The van der Waals surface area contributed by atoms with Crippen molar-refractivity contribution in [3.05, 3.63) is 384 Å². The Bertz CT molecular complexity index is 5850. The van der Waals surface area contributed by atoms with Crippen LogP contribution in [0.4, 0.5) is 0 Å². The Kier molecular flexibility index (Phi) is 12.4. The summed E-state index contributed by atoms with van der Waals surface area (Å²) in [5.74, 6) is 4.60. The highest BCUT2D eigenvalue weighted by molar-refractivity contribution is 6.01. The molecular weight excluding hydrogens is 1190 g/mol. The molecular formula is C92H56N4O2. The fourth-order valence-electron chi connectivity index (χ4n) is 16.5. The molecule has 6 heteroatoms. The maximum absolute atomic E-state index is 6.98. The molecule has 14 aromatic carbocycles. The van der Waals surface area contributed by atoms with Gasteiger partial charge >= 0.3 is 0 Å². The molecule has 0 amide bonds. The van der Waals surface area contributed by atoms with E-state index in [4.69, 9.17) is 29.4 Å². The summed E-state index contributed by atoms with van der Waals surface area (Å²) in [6.45, 7) is 0. The molecule has 0 bridgehead atoms. The second kappa shape index (κ2) is 21.8. The SMILES string of the molecule is c1ccc(-c2ccc(-c3nc(-c4cccc(-c5ccc6c(c5)C5(c7ccccc7Oc7ccccc75)c5c-6cccc5-c5nc(-c6ccc(-c7ccccc7)cc6)nc6ccccc56)c4)cc(-c4cccc5c4C4(c6ccccc6Oc6ccccc64)c4ccccc4-5)n3)cc2)cc1. The van der Waals surface area contributed by atoms with Crippen LogP contribution in [0.25, 0.3) is 123 Å². The lowest BCUT2D eigenvalue weighted by atomic mass is 9.64. The van der Waals surface area contributed by atoms with Gasteiger partial charge < -0.3 is 9.47 Å². The second-order valence-corrected chi connectivity index (χ2v) is 25.8. The molecule has 0 radical (unpaired) electrons. The Hall–Kier alpha value is -12.9. The number of hydrogen-bond acceptors (Lipinski definition) is 6. The van der Waals surface area contributed by atoms with Crippen molar-refractivity contribution in [2.75, 3.05) is 0 Å². The molecule has 2 aromatic heterocycles. The molecule has 2 aliphatic carbocycles. The van der Waals surface area contributed by atoms with Crippen molar-refractivity contribution in [1.29, 1.82) is 0 Å². The van der Waals surface area contributed by atoms with Gasteiger partial charge in [0.2, 0.25) is 0 Å². The Morgan fingerprint density at radius 1 is 0.214 bits per heavy atom. The van der Waals surface area contributed by atoms with Gasteiger partial charge in [0, 0.05) is 55.5 Å². The summed E-state index contributed by atoms with van der Waals surface area (Å²) in [5, 5.41) is 0.975. The Morgan fingerprint density at radius 2 is 0.602 bits per heavy atom. The first-order valence-electron chi connectivity index (χ1n) is 33.4. The van der Waals surface area contributed by atoms with E-state index in [0.717, 1.165) is 157 Å². The quantitative estimate of drug-likeness (QED) is 0.151. The third-order valence-electron chi connectivity index (χ3n) is 20.7. The van der Waals surface area contributed by atoms with Crippen molar-refractivity contribution in [2.45, 2.75) is 10.8 Å². The van der Waals surface area contributed by atoms with Gasteiger partial charge in [0.1, 0.15) is 23.0 Å². The monoisotopic (exact) mass is 1250 g/mol. The van der Waals surface area contributed by atoms with Gasteiger partial charge in [-0.3, -0.25) is 0 Å². The predicted octanol–water partition coefficient (Wildman–Crippen LogP) is 22.7. The number of benzene rings is 14. The minimum Gasteiger partial charge on any atom is -0.457 e. The fourth-order valence-corrected chi connectivity index (χ4v) is 16.5. The normalized spacial score (nSPS) is 13.4. The topological polar surface area (TPSA) is 70.0 Å². The van der Waals surface area contributed by atoms with Crippen molar-refractivity contribution in [3.8, 4) is 135 Å². The van der Waals surface area contributed by atoms with Crippen LogP contribution in [0.2, 0.25) is 0 Å². The smallest absolute Gasteiger partial charge is 0.160 e. The van der Waals surface area contributed by atoms with E-state index in [-0.39, 0.29) is 0 Å². The summed E-state index contributed by atoms with van der Waals surface area (Å²) < 4.78 is 13.8. The van der Waals surface area contributed by atoms with E-state index in [1.807, 2.05) is 0 Å². The molecule has 16 aromatic rings. The highest BCUT2D eigenvalue weighted by Gasteiger charge is 2.54. The maximum Gasteiger partial charge on any atom is 0.160 e. The summed E-state index contributed by atoms with van der Waals surface area (Å²) >= 11 is 0. The molecule has 98 heavy (non-hydrogen) atoms. The molecule has 0 fully saturated rings. The van der Waals surface area contributed by atoms with Crippen molar-refractivity contribution >= 4 is 10.9 Å². The van der Waals surface area contributed by atoms with E-state index in [1.54, 1.807) is 0 Å². The zero-order chi connectivity index (χ0) is 64.5. The first-order chi connectivity index (χ1) is 48.6. The van der Waals surface area contributed by atoms with Gasteiger partial charge in [0.15, 0.2) is 11.6 Å². The molecule has 0 saturated carbocycles. The predicted molar refractivity (Wildman–Crippen MR) is 393 cm³/mol. The first kappa shape index (κ1) is 55.5. The zero-order valence-corrected chi connectivity index (χ0v) is 52.9. The number of aromatic nitrogens is 4. The highest BCUT2D eigenvalue weighted by Crippen LogP contribution is 2.66. The third-order valence-corrected chi connectivity index (χ3v) is 20.7. The van der Waals surface area contributed by atoms with Crippen LogP contribution in [0.15, 0.2) is 340 Å². The molecule has 20 rings (SSSR count). The minimum absolute atomic E-state index is 0.631. The van der Waals surface area contributed by atoms with Crippen molar-refractivity contribution in [3.63, 3.8) is 0 Å². The minimum atomic E-state index is -0.852. The molecule has 2 spiro atoms. The van der Waals surface area contributed by atoms with Gasteiger partial charge in [-0.05, 0) is 126 Å². The van der Waals surface area contributed by atoms with Crippen LogP contribution in [0.3, 0.4) is 0 Å². The number of nitrogens with zero attached hydrogens (tertiary/aromatic N) is 4. The summed E-state index contributed by atoms with van der Waals surface area (Å²) in [5.41, 5.74) is 27.0. The Labute approximate surface area is 567 Å². The molecule has 456 valence electrons. The number of hydrogen-bond donors (Lipinski definition) is 0. The van der Waals surface area contributed by atoms with E-state index in [9.17, 15) is 0 Å². The van der Waals surface area contributed by atoms with Gasteiger partial charge in [-0.2, -0.15) is 0 Å². The number of ether oxygens (including phenoxy) is 2. The van der Waals surface area contributed by atoms with Crippen LogP contribution in [-0.4, -0.2) is 19.9 Å². The van der Waals surface area contributed by atoms with E-state index < -0.39 is 10.8 Å². The van der Waals surface area contributed by atoms with E-state index in [1.165, 1.54) is 22.3 Å². The summed E-state index contributed by atoms with van der Waals surface area (Å²) in [7, 11) is 0. The average Bonchev–Trinajstić information content (AvgIpc) is 1.49. The third kappa shape index (κ3) is 8.28. The van der Waals surface area contributed by atoms with Crippen molar-refractivity contribution < 1.29 is 9.47 Å². The lowest BCUT2D eigenvalue weighted by Crippen LogP contribution is -2.32. The molecule has 0 atom stereocenters. The standard InChI is InChI=1S/C92H56N4O2/c1-3-22-57(23-4-1)59-44-48-61(49-45-59)89-94-80(56-81(95-89)70-32-20-30-68-66-28-7-9-34-73(66)91(86(68)70)74-35-10-15-40-82(74)97-83-41-16-11-36-75(83)91)65-27-19-26-63(54-65)64-52-53-67-69-31-21-33-72(87(69)92(78(67)55-64)76-37-12-17-42-84(76)98-85-43-18-13-38-77(85)92)88-71-29-8-14-39-79(71)93-90(96-88)62-50-46-60(47-51-62)58-24-5-2-6-25-58/h1-56H. The van der Waals surface area contributed by atoms with Crippen LogP contribution in [-0.2, 0) is 10.8 Å². The highest BCUT2D eigenvalue weighted by atomic mass is 16.5. The molecule has 4 aliphatic rings. The van der Waals surface area contributed by atoms with Crippen LogP contribution in [0, 0.1) is 0 Å². The van der Waals surface area contributed by atoms with Crippen LogP contribution < -0.4 is 9.47 Å². The van der Waals surface area contributed by atoms with Crippen molar-refractivity contribution in [2.24, 2.45) is 0 Å². The number of para-hydroxylation sites is 5. The second-order valence-electron chi connectivity index (χ2n) is 25.8. The molecule has 2 aliphatic heterocycles. The van der Waals surface area contributed by atoms with Gasteiger partial charge in [-0.15, -0.1) is 0 Å². The van der Waals surface area contributed by atoms with E-state index in [2.05, 4.69) is 340 Å². The summed E-state index contributed by atoms with van der Waals surface area (Å²) in [6.07, 6.45) is 0. The molecule has 0 saturated heterocycles. The molecule has 6 nitrogen and oxygen atoms in total. The summed E-state index contributed by atoms with van der Waals surface area (Å²) in [4.78, 5) is 22.2. The fraction of sp³-hybridized carbons (Fsp3) is 0.0217. The first-order valence-corrected chi connectivity index (χ1v) is 33.4. The van der Waals surface area contributed by atoms with E-state index in [0.29, 0.717) is 11.6 Å². The van der Waals surface area contributed by atoms with Gasteiger partial charge in [0.05, 0.1) is 33.4 Å². The Balaban J connectivity index is 0.775. The number of fused-ring (bicyclic) bond motifs is 19. The molecule has 0 N–H and O–H groups in total. The lowest BCUT2D eigenvalue weighted by Gasteiger charge is -2.40. The van der Waals surface area contributed by atoms with E-state index >= 15 is 0 Å². The lowest BCUT2D eigenvalue weighted by molar-refractivity contribution is 0.436. The van der Waals surface area contributed by atoms with Crippen LogP contribution in [0.1, 0.15) is 44.5 Å². The van der Waals surface area contributed by atoms with Crippen LogP contribution >= 0.6 is 0 Å². The Morgan fingerprint density at radius 3 is 1.20 bits per heavy atom. The van der Waals surface area contributed by atoms with Gasteiger partial charge in [-0.1, -0.05) is 291 Å². The van der Waals surface area contributed by atoms with Gasteiger partial charge in [0.25, 0.3) is 0 Å². The number of rotatable bonds is 8. The zero-order valence-electron chi connectivity index (χ0n) is 52.9. The van der Waals surface area contributed by atoms with Crippen molar-refractivity contribution in [1.82, 2.24) is 19.9 Å². The van der Waals surface area contributed by atoms with Gasteiger partial charge in [-0.25, -0.2) is 19.9 Å². The maximum atomic E-state index is 6.98. The average molecular weight is 1250 g/mol. The molecule has 0 unspecified atom stereocenters. The largest absolute Gasteiger partial charge is 0.457 e. The molecule has 4 heterocycles. The van der Waals surface area contributed by atoms with Crippen LogP contribution in [0.5, 0.6) is 23.0 Å².